The van der Waals surface area contributed by atoms with E-state index in [9.17, 15) is 0 Å². The highest BCUT2D eigenvalue weighted by atomic mass is 16.5. The Kier molecular flexibility index (Phi) is 7.81. The van der Waals surface area contributed by atoms with Crippen LogP contribution in [0.5, 0.6) is 0 Å². The molecule has 0 radical (unpaired) electrons. The van der Waals surface area contributed by atoms with Gasteiger partial charge in [0.05, 0.1) is 38.9 Å². The van der Waals surface area contributed by atoms with E-state index in [-0.39, 0.29) is 0 Å². The normalized spacial score (nSPS) is 19.9. The highest BCUT2D eigenvalue weighted by molar-refractivity contribution is 4.61. The number of piperidine rings is 1. The summed E-state index contributed by atoms with van der Waals surface area (Å²) in [7, 11) is 0. The van der Waals surface area contributed by atoms with Gasteiger partial charge in [-0.05, 0) is 19.3 Å². The number of hydrogen-bond donors (Lipinski definition) is 2. The first-order valence-corrected chi connectivity index (χ1v) is 7.07. The third-order valence-electron chi connectivity index (χ3n) is 3.44. The van der Waals surface area contributed by atoms with Crippen LogP contribution >= 0.6 is 0 Å². The Hall–Kier alpha value is -0.120. The second-order valence-corrected chi connectivity index (χ2v) is 5.11. The molecule has 1 fully saturated rings. The predicted molar refractivity (Wildman–Crippen MR) is 66.4 cm³/mol. The predicted octanol–water partition coefficient (Wildman–Crippen LogP) is -0.272. The number of hydrogen-bond acceptors (Lipinski definition) is 1. The Morgan fingerprint density at radius 2 is 2.06 bits per heavy atom. The monoisotopic (exact) mass is 230 g/mol. The van der Waals surface area contributed by atoms with Crippen molar-refractivity contribution in [1.29, 1.82) is 0 Å². The van der Waals surface area contributed by atoms with Crippen LogP contribution < -0.4 is 10.6 Å². The molecule has 1 unspecified atom stereocenters. The quantitative estimate of drug-likeness (QED) is 0.554. The van der Waals surface area contributed by atoms with Crippen LogP contribution in [0.2, 0.25) is 0 Å². The molecule has 1 heterocycles. The van der Waals surface area contributed by atoms with E-state index < -0.39 is 0 Å². The fourth-order valence-electron chi connectivity index (χ4n) is 2.25. The lowest BCUT2D eigenvalue weighted by molar-refractivity contribution is -0.665. The minimum Gasteiger partial charge on any atom is -0.378 e. The Balaban J connectivity index is 1.94. The van der Waals surface area contributed by atoms with Crippen LogP contribution in [0.4, 0.5) is 0 Å². The maximum atomic E-state index is 5.93. The van der Waals surface area contributed by atoms with E-state index in [2.05, 4.69) is 24.5 Å². The summed E-state index contributed by atoms with van der Waals surface area (Å²) in [6, 6.07) is 0. The summed E-state index contributed by atoms with van der Waals surface area (Å²) in [6.07, 6.45) is 5.59. The molecule has 0 aromatic carbocycles. The van der Waals surface area contributed by atoms with E-state index in [0.29, 0.717) is 6.10 Å². The van der Waals surface area contributed by atoms with Gasteiger partial charge in [0, 0.05) is 19.3 Å². The highest BCUT2D eigenvalue weighted by Crippen LogP contribution is 2.10. The summed E-state index contributed by atoms with van der Waals surface area (Å²) in [5.41, 5.74) is 0. The van der Waals surface area contributed by atoms with Crippen LogP contribution in [0.25, 0.3) is 0 Å². The summed E-state index contributed by atoms with van der Waals surface area (Å²) in [4.78, 5) is 0. The SMILES string of the molecule is CCC[NH2+]CCC(C)OCC1CC[NH2+]CC1. The molecule has 0 bridgehead atoms. The third kappa shape index (κ3) is 6.46. The van der Waals surface area contributed by atoms with Gasteiger partial charge in [-0.1, -0.05) is 6.92 Å². The molecule has 1 aliphatic heterocycles. The van der Waals surface area contributed by atoms with Crippen LogP contribution in [0.1, 0.15) is 39.5 Å². The molecule has 1 rings (SSSR count). The van der Waals surface area contributed by atoms with Crippen molar-refractivity contribution in [3.05, 3.63) is 0 Å². The lowest BCUT2D eigenvalue weighted by atomic mass is 9.99. The van der Waals surface area contributed by atoms with Crippen molar-refractivity contribution in [2.24, 2.45) is 5.92 Å². The molecule has 3 heteroatoms. The van der Waals surface area contributed by atoms with Crippen molar-refractivity contribution in [2.75, 3.05) is 32.8 Å². The van der Waals surface area contributed by atoms with Crippen molar-refractivity contribution >= 4 is 0 Å². The third-order valence-corrected chi connectivity index (χ3v) is 3.44. The molecular weight excluding hydrogens is 200 g/mol. The van der Waals surface area contributed by atoms with Crippen LogP contribution in [-0.4, -0.2) is 38.9 Å². The molecule has 16 heavy (non-hydrogen) atoms. The largest absolute Gasteiger partial charge is 0.378 e. The second-order valence-electron chi connectivity index (χ2n) is 5.11. The molecular formula is C13H30N2O+2. The minimum absolute atomic E-state index is 0.444. The van der Waals surface area contributed by atoms with E-state index in [0.717, 1.165) is 12.5 Å². The van der Waals surface area contributed by atoms with Gasteiger partial charge in [0.15, 0.2) is 0 Å². The summed E-state index contributed by atoms with van der Waals surface area (Å²) >= 11 is 0. The number of ether oxygens (including phenoxy) is 1. The molecule has 3 nitrogen and oxygen atoms in total. The summed E-state index contributed by atoms with van der Waals surface area (Å²) in [6.45, 7) is 10.5. The second kappa shape index (κ2) is 8.97. The Bertz CT molecular complexity index is 158. The van der Waals surface area contributed by atoms with E-state index in [1.54, 1.807) is 0 Å². The van der Waals surface area contributed by atoms with Crippen LogP contribution in [-0.2, 0) is 4.74 Å². The van der Waals surface area contributed by atoms with Crippen molar-refractivity contribution in [3.63, 3.8) is 0 Å². The first kappa shape index (κ1) is 13.9. The maximum absolute atomic E-state index is 5.93. The molecule has 4 N–H and O–H groups in total. The molecule has 96 valence electrons. The maximum Gasteiger partial charge on any atom is 0.0780 e. The number of nitrogens with two attached hydrogens (primary N) is 2. The average Bonchev–Trinajstić information content (AvgIpc) is 2.33. The zero-order chi connectivity index (χ0) is 11.6. The minimum atomic E-state index is 0.444. The molecule has 0 saturated carbocycles. The van der Waals surface area contributed by atoms with Gasteiger partial charge in [-0.2, -0.15) is 0 Å². The molecule has 1 saturated heterocycles. The van der Waals surface area contributed by atoms with E-state index >= 15 is 0 Å². The number of quaternary nitrogens is 2. The Labute approximate surface area is 100 Å². The van der Waals surface area contributed by atoms with Crippen molar-refractivity contribution in [1.82, 2.24) is 0 Å². The first-order chi connectivity index (χ1) is 7.83. The fourth-order valence-corrected chi connectivity index (χ4v) is 2.25. The molecule has 0 aliphatic carbocycles. The van der Waals surface area contributed by atoms with Gasteiger partial charge in [0.25, 0.3) is 0 Å². The van der Waals surface area contributed by atoms with Crippen molar-refractivity contribution in [2.45, 2.75) is 45.6 Å². The summed E-state index contributed by atoms with van der Waals surface area (Å²) in [5, 5.41) is 4.81. The Morgan fingerprint density at radius 1 is 1.31 bits per heavy atom. The summed E-state index contributed by atoms with van der Waals surface area (Å²) < 4.78 is 5.93. The smallest absolute Gasteiger partial charge is 0.0780 e. The zero-order valence-electron chi connectivity index (χ0n) is 11.1. The zero-order valence-corrected chi connectivity index (χ0v) is 11.1. The van der Waals surface area contributed by atoms with Gasteiger partial charge < -0.3 is 15.4 Å². The fraction of sp³-hybridized carbons (Fsp3) is 1.00. The van der Waals surface area contributed by atoms with E-state index in [4.69, 9.17) is 4.74 Å². The van der Waals surface area contributed by atoms with Crippen molar-refractivity contribution in [3.8, 4) is 0 Å². The van der Waals surface area contributed by atoms with Gasteiger partial charge in [-0.15, -0.1) is 0 Å². The van der Waals surface area contributed by atoms with Gasteiger partial charge in [0.2, 0.25) is 0 Å². The molecule has 1 atom stereocenters. The topological polar surface area (TPSA) is 42.5 Å². The summed E-state index contributed by atoms with van der Waals surface area (Å²) in [5.74, 6) is 0.826. The van der Waals surface area contributed by atoms with Gasteiger partial charge >= 0.3 is 0 Å². The first-order valence-electron chi connectivity index (χ1n) is 7.07. The molecule has 0 aromatic rings. The van der Waals surface area contributed by atoms with E-state index in [1.807, 2.05) is 0 Å². The molecule has 0 amide bonds. The van der Waals surface area contributed by atoms with Gasteiger partial charge in [0.1, 0.15) is 0 Å². The van der Waals surface area contributed by atoms with E-state index in [1.165, 1.54) is 51.9 Å². The number of rotatable bonds is 8. The standard InChI is InChI=1S/C13H28N2O/c1-3-7-14-8-4-12(2)16-11-13-5-9-15-10-6-13/h12-15H,3-11H2,1-2H3/p+2. The Morgan fingerprint density at radius 3 is 2.75 bits per heavy atom. The van der Waals surface area contributed by atoms with Gasteiger partial charge in [-0.3, -0.25) is 0 Å². The molecule has 0 spiro atoms. The lowest BCUT2D eigenvalue weighted by Gasteiger charge is -2.22. The molecule has 1 aliphatic rings. The van der Waals surface area contributed by atoms with Crippen LogP contribution in [0, 0.1) is 5.92 Å². The van der Waals surface area contributed by atoms with Crippen molar-refractivity contribution < 1.29 is 15.4 Å². The molecule has 0 aromatic heterocycles. The van der Waals surface area contributed by atoms with Crippen LogP contribution in [0.3, 0.4) is 0 Å². The lowest BCUT2D eigenvalue weighted by Crippen LogP contribution is -2.86. The van der Waals surface area contributed by atoms with Crippen LogP contribution in [0.15, 0.2) is 0 Å². The van der Waals surface area contributed by atoms with Gasteiger partial charge in [-0.25, -0.2) is 0 Å². The highest BCUT2D eigenvalue weighted by Gasteiger charge is 2.16. The average molecular weight is 230 g/mol.